The number of hydrogen-bond acceptors (Lipinski definition) is 5. The van der Waals surface area contributed by atoms with Gasteiger partial charge in [-0.3, -0.25) is 4.18 Å². The van der Waals surface area contributed by atoms with Crippen LogP contribution >= 0.6 is 0 Å². The molecule has 0 bridgehead atoms. The van der Waals surface area contributed by atoms with Crippen LogP contribution in [0.5, 0.6) is 5.75 Å². The molecule has 0 aliphatic heterocycles. The van der Waals surface area contributed by atoms with Gasteiger partial charge in [0.1, 0.15) is 5.75 Å². The molecule has 0 aliphatic rings. The third-order valence-corrected chi connectivity index (χ3v) is 4.98. The molecule has 23 heavy (non-hydrogen) atoms. The first-order valence-corrected chi connectivity index (χ1v) is 8.52. The van der Waals surface area contributed by atoms with Gasteiger partial charge in [0.15, 0.2) is 0 Å². The van der Waals surface area contributed by atoms with Crippen molar-refractivity contribution in [2.45, 2.75) is 17.2 Å². The average molecular weight is 336 g/mol. The molecule has 1 N–H and O–H groups in total. The molecular formula is C17H20O5S. The van der Waals surface area contributed by atoms with Gasteiger partial charge in [-0.15, -0.1) is 0 Å². The first kappa shape index (κ1) is 17.5. The summed E-state index contributed by atoms with van der Waals surface area (Å²) in [6.45, 7) is 1.38. The SMILES string of the molecule is COc1ccc(S(=O)(=O)OC[C@@](C)(CO)c2ccccc2)cc1. The fourth-order valence-corrected chi connectivity index (χ4v) is 3.10. The molecule has 0 amide bonds. The molecular weight excluding hydrogens is 316 g/mol. The lowest BCUT2D eigenvalue weighted by Gasteiger charge is -2.27. The van der Waals surface area contributed by atoms with Crippen molar-refractivity contribution in [2.75, 3.05) is 20.3 Å². The van der Waals surface area contributed by atoms with Gasteiger partial charge in [-0.1, -0.05) is 37.3 Å². The van der Waals surface area contributed by atoms with Crippen LogP contribution in [0.25, 0.3) is 0 Å². The summed E-state index contributed by atoms with van der Waals surface area (Å²) in [6, 6.07) is 15.1. The molecule has 0 fully saturated rings. The molecule has 0 unspecified atom stereocenters. The predicted octanol–water partition coefficient (Wildman–Crippen LogP) is 2.35. The Morgan fingerprint density at radius 2 is 1.65 bits per heavy atom. The lowest BCUT2D eigenvalue weighted by molar-refractivity contribution is 0.145. The van der Waals surface area contributed by atoms with Crippen LogP contribution in [-0.4, -0.2) is 33.8 Å². The molecule has 0 heterocycles. The molecule has 1 atom stereocenters. The van der Waals surface area contributed by atoms with Gasteiger partial charge in [0.05, 0.1) is 25.2 Å². The first-order chi connectivity index (χ1) is 10.9. The highest BCUT2D eigenvalue weighted by Crippen LogP contribution is 2.26. The standard InChI is InChI=1S/C17H20O5S/c1-17(12-18,14-6-4-3-5-7-14)13-22-23(19,20)16-10-8-15(21-2)9-11-16/h3-11,18H,12-13H2,1-2H3/t17-/m1/s1. The normalized spacial score (nSPS) is 14.2. The van der Waals surface area contributed by atoms with E-state index in [1.807, 2.05) is 30.3 Å². The molecule has 5 nitrogen and oxygen atoms in total. The summed E-state index contributed by atoms with van der Waals surface area (Å²) in [7, 11) is -2.40. The number of ether oxygens (including phenoxy) is 1. The van der Waals surface area contributed by atoms with Crippen molar-refractivity contribution >= 4 is 10.1 Å². The smallest absolute Gasteiger partial charge is 0.297 e. The Hall–Kier alpha value is -1.89. The fourth-order valence-electron chi connectivity index (χ4n) is 2.08. The van der Waals surface area contributed by atoms with Crippen molar-refractivity contribution in [1.29, 1.82) is 0 Å². The third-order valence-electron chi connectivity index (χ3n) is 3.70. The molecule has 124 valence electrons. The average Bonchev–Trinajstić information content (AvgIpc) is 2.60. The van der Waals surface area contributed by atoms with E-state index in [4.69, 9.17) is 8.92 Å². The molecule has 2 rings (SSSR count). The van der Waals surface area contributed by atoms with E-state index in [0.717, 1.165) is 5.56 Å². The zero-order valence-electron chi connectivity index (χ0n) is 13.1. The Morgan fingerprint density at radius 1 is 1.04 bits per heavy atom. The monoisotopic (exact) mass is 336 g/mol. The maximum Gasteiger partial charge on any atom is 0.297 e. The van der Waals surface area contributed by atoms with Gasteiger partial charge in [-0.2, -0.15) is 8.42 Å². The Balaban J connectivity index is 2.16. The summed E-state index contributed by atoms with van der Waals surface area (Å²) < 4.78 is 34.7. The van der Waals surface area contributed by atoms with Crippen LogP contribution in [0.2, 0.25) is 0 Å². The number of aliphatic hydroxyl groups is 1. The second kappa shape index (κ2) is 7.12. The highest BCUT2D eigenvalue weighted by atomic mass is 32.2. The summed E-state index contributed by atoms with van der Waals surface area (Å²) in [5, 5.41) is 9.68. The van der Waals surface area contributed by atoms with Crippen LogP contribution in [0.15, 0.2) is 59.5 Å². The minimum atomic E-state index is -3.90. The molecule has 0 aliphatic carbocycles. The number of rotatable bonds is 7. The van der Waals surface area contributed by atoms with E-state index in [1.54, 1.807) is 19.1 Å². The van der Waals surface area contributed by atoms with Crippen LogP contribution in [-0.2, 0) is 19.7 Å². The van der Waals surface area contributed by atoms with E-state index >= 15 is 0 Å². The minimum absolute atomic E-state index is 0.0478. The van der Waals surface area contributed by atoms with E-state index in [1.165, 1.54) is 19.2 Å². The van der Waals surface area contributed by atoms with Crippen LogP contribution < -0.4 is 4.74 Å². The van der Waals surface area contributed by atoms with Crippen molar-refractivity contribution in [3.8, 4) is 5.75 Å². The van der Waals surface area contributed by atoms with E-state index in [0.29, 0.717) is 5.75 Å². The molecule has 2 aromatic rings. The Morgan fingerprint density at radius 3 is 2.17 bits per heavy atom. The van der Waals surface area contributed by atoms with E-state index in [9.17, 15) is 13.5 Å². The highest BCUT2D eigenvalue weighted by Gasteiger charge is 2.29. The Labute approximate surface area is 136 Å². The van der Waals surface area contributed by atoms with Crippen LogP contribution in [0.3, 0.4) is 0 Å². The number of hydrogen-bond donors (Lipinski definition) is 1. The van der Waals surface area contributed by atoms with E-state index in [2.05, 4.69) is 0 Å². The zero-order valence-corrected chi connectivity index (χ0v) is 13.9. The molecule has 0 saturated heterocycles. The van der Waals surface area contributed by atoms with Crippen molar-refractivity contribution in [1.82, 2.24) is 0 Å². The van der Waals surface area contributed by atoms with Gasteiger partial charge >= 0.3 is 0 Å². The number of benzene rings is 2. The van der Waals surface area contributed by atoms with Crippen LogP contribution in [0.4, 0.5) is 0 Å². The van der Waals surface area contributed by atoms with Gasteiger partial charge < -0.3 is 9.84 Å². The molecule has 0 aromatic heterocycles. The topological polar surface area (TPSA) is 72.8 Å². The third kappa shape index (κ3) is 4.10. The van der Waals surface area contributed by atoms with E-state index in [-0.39, 0.29) is 18.1 Å². The predicted molar refractivity (Wildman–Crippen MR) is 87.0 cm³/mol. The van der Waals surface area contributed by atoms with Crippen LogP contribution in [0, 0.1) is 0 Å². The maximum absolute atomic E-state index is 12.3. The Bertz CT molecular complexity index is 725. The summed E-state index contributed by atoms with van der Waals surface area (Å²) in [6.07, 6.45) is 0. The van der Waals surface area contributed by atoms with Gasteiger partial charge in [0.25, 0.3) is 10.1 Å². The van der Waals surface area contributed by atoms with Gasteiger partial charge in [0, 0.05) is 5.41 Å². The largest absolute Gasteiger partial charge is 0.497 e. The molecule has 6 heteroatoms. The molecule has 0 saturated carbocycles. The minimum Gasteiger partial charge on any atom is -0.497 e. The van der Waals surface area contributed by atoms with Crippen molar-refractivity contribution in [3.63, 3.8) is 0 Å². The van der Waals surface area contributed by atoms with Crippen molar-refractivity contribution in [2.24, 2.45) is 0 Å². The van der Waals surface area contributed by atoms with Crippen LogP contribution in [0.1, 0.15) is 12.5 Å². The molecule has 0 spiro atoms. The van der Waals surface area contributed by atoms with Gasteiger partial charge in [0.2, 0.25) is 0 Å². The second-order valence-electron chi connectivity index (χ2n) is 5.48. The highest BCUT2D eigenvalue weighted by molar-refractivity contribution is 7.86. The quantitative estimate of drug-likeness (QED) is 0.786. The lowest BCUT2D eigenvalue weighted by atomic mass is 9.84. The van der Waals surface area contributed by atoms with Crippen molar-refractivity contribution < 1.29 is 22.4 Å². The maximum atomic E-state index is 12.3. The second-order valence-corrected chi connectivity index (χ2v) is 7.09. The number of aliphatic hydroxyl groups excluding tert-OH is 1. The number of methoxy groups -OCH3 is 1. The fraction of sp³-hybridized carbons (Fsp3) is 0.294. The summed E-state index contributed by atoms with van der Waals surface area (Å²) in [4.78, 5) is 0.0478. The Kier molecular flexibility index (Phi) is 5.41. The summed E-state index contributed by atoms with van der Waals surface area (Å²) in [5.41, 5.74) is 0.00767. The van der Waals surface area contributed by atoms with Crippen molar-refractivity contribution in [3.05, 3.63) is 60.2 Å². The first-order valence-electron chi connectivity index (χ1n) is 7.11. The zero-order chi connectivity index (χ0) is 16.9. The molecule has 0 radical (unpaired) electrons. The molecule has 2 aromatic carbocycles. The lowest BCUT2D eigenvalue weighted by Crippen LogP contribution is -2.33. The van der Waals surface area contributed by atoms with Gasteiger partial charge in [-0.05, 0) is 29.8 Å². The summed E-state index contributed by atoms with van der Waals surface area (Å²) in [5.74, 6) is 0.563. The summed E-state index contributed by atoms with van der Waals surface area (Å²) >= 11 is 0. The van der Waals surface area contributed by atoms with E-state index < -0.39 is 15.5 Å². The van der Waals surface area contributed by atoms with Gasteiger partial charge in [-0.25, -0.2) is 0 Å².